The zero-order valence-electron chi connectivity index (χ0n) is 12.3. The molecular formula is C16H22N4. The molecule has 20 heavy (non-hydrogen) atoms. The molecule has 2 aromatic heterocycles. The Morgan fingerprint density at radius 2 is 2.25 bits per heavy atom. The van der Waals surface area contributed by atoms with Gasteiger partial charge in [0, 0.05) is 49.8 Å². The first-order chi connectivity index (χ1) is 9.72. The summed E-state index contributed by atoms with van der Waals surface area (Å²) in [4.78, 5) is 11.3. The second-order valence-electron chi connectivity index (χ2n) is 5.71. The van der Waals surface area contributed by atoms with Gasteiger partial charge in [0.25, 0.3) is 0 Å². The van der Waals surface area contributed by atoms with Crippen molar-refractivity contribution in [3.8, 4) is 0 Å². The Kier molecular flexibility index (Phi) is 3.83. The fourth-order valence-electron chi connectivity index (χ4n) is 3.03. The van der Waals surface area contributed by atoms with E-state index in [0.29, 0.717) is 5.92 Å². The maximum Gasteiger partial charge on any atom is 0.125 e. The van der Waals surface area contributed by atoms with Crippen molar-refractivity contribution < 1.29 is 0 Å². The second kappa shape index (κ2) is 5.75. The zero-order valence-corrected chi connectivity index (χ0v) is 12.3. The maximum atomic E-state index is 4.60. The summed E-state index contributed by atoms with van der Waals surface area (Å²) < 4.78 is 2.21. The van der Waals surface area contributed by atoms with Gasteiger partial charge in [-0.25, -0.2) is 9.97 Å². The Balaban J connectivity index is 1.69. The van der Waals surface area contributed by atoms with Crippen molar-refractivity contribution in [2.24, 2.45) is 7.05 Å². The molecule has 0 aromatic carbocycles. The molecule has 0 unspecified atom stereocenters. The van der Waals surface area contributed by atoms with Gasteiger partial charge in [0.1, 0.15) is 5.82 Å². The number of nitrogens with zero attached hydrogens (tertiary/aromatic N) is 4. The van der Waals surface area contributed by atoms with Crippen LogP contribution in [0.5, 0.6) is 0 Å². The van der Waals surface area contributed by atoms with Crippen molar-refractivity contribution in [3.05, 3.63) is 47.8 Å². The third-order valence-electron chi connectivity index (χ3n) is 4.16. The quantitative estimate of drug-likeness (QED) is 0.859. The van der Waals surface area contributed by atoms with Gasteiger partial charge in [0.05, 0.1) is 0 Å². The van der Waals surface area contributed by atoms with Crippen LogP contribution >= 0.6 is 0 Å². The molecule has 3 heterocycles. The molecule has 0 radical (unpaired) electrons. The minimum Gasteiger partial charge on any atom is -0.353 e. The van der Waals surface area contributed by atoms with Crippen LogP contribution in [-0.2, 0) is 13.6 Å². The molecular weight excluding hydrogens is 248 g/mol. The van der Waals surface area contributed by atoms with Gasteiger partial charge in [-0.05, 0) is 44.5 Å². The summed E-state index contributed by atoms with van der Waals surface area (Å²) in [5.41, 5.74) is 2.58. The highest BCUT2D eigenvalue weighted by Gasteiger charge is 2.22. The molecule has 1 saturated heterocycles. The third kappa shape index (κ3) is 2.90. The summed E-state index contributed by atoms with van der Waals surface area (Å²) >= 11 is 0. The van der Waals surface area contributed by atoms with Gasteiger partial charge in [-0.3, -0.25) is 4.90 Å². The van der Waals surface area contributed by atoms with E-state index in [4.69, 9.17) is 0 Å². The normalized spacial score (nSPS) is 20.2. The lowest BCUT2D eigenvalue weighted by molar-refractivity contribution is 0.194. The lowest BCUT2D eigenvalue weighted by Crippen LogP contribution is -2.34. The number of rotatable bonds is 3. The van der Waals surface area contributed by atoms with Crippen LogP contribution in [0.25, 0.3) is 0 Å². The van der Waals surface area contributed by atoms with E-state index in [2.05, 4.69) is 50.9 Å². The second-order valence-corrected chi connectivity index (χ2v) is 5.71. The van der Waals surface area contributed by atoms with Crippen molar-refractivity contribution in [1.29, 1.82) is 0 Å². The first-order valence-corrected chi connectivity index (χ1v) is 7.34. The highest BCUT2D eigenvalue weighted by Crippen LogP contribution is 2.26. The molecule has 1 atom stereocenters. The fraction of sp³-hybridized carbons (Fsp3) is 0.500. The highest BCUT2D eigenvalue weighted by molar-refractivity contribution is 5.11. The smallest absolute Gasteiger partial charge is 0.125 e. The minimum atomic E-state index is 0.547. The van der Waals surface area contributed by atoms with Gasteiger partial charge < -0.3 is 4.57 Å². The van der Waals surface area contributed by atoms with Crippen LogP contribution in [0.15, 0.2) is 30.6 Å². The van der Waals surface area contributed by atoms with Crippen LogP contribution in [-0.4, -0.2) is 32.5 Å². The van der Waals surface area contributed by atoms with Gasteiger partial charge in [-0.2, -0.15) is 0 Å². The van der Waals surface area contributed by atoms with Crippen LogP contribution in [0.4, 0.5) is 0 Å². The summed E-state index contributed by atoms with van der Waals surface area (Å²) in [5.74, 6) is 1.42. The molecule has 1 aliphatic rings. The molecule has 0 aliphatic carbocycles. The molecule has 0 saturated carbocycles. The molecule has 4 nitrogen and oxygen atoms in total. The molecule has 3 rings (SSSR count). The molecule has 0 bridgehead atoms. The van der Waals surface area contributed by atoms with E-state index in [-0.39, 0.29) is 0 Å². The summed E-state index contributed by atoms with van der Waals surface area (Å²) in [6, 6.07) is 6.40. The fourth-order valence-corrected chi connectivity index (χ4v) is 3.03. The van der Waals surface area contributed by atoms with Crippen LogP contribution < -0.4 is 0 Å². The summed E-state index contributed by atoms with van der Waals surface area (Å²) in [7, 11) is 2.12. The average molecular weight is 270 g/mol. The molecule has 106 valence electrons. The van der Waals surface area contributed by atoms with Crippen molar-refractivity contribution in [2.75, 3.05) is 13.1 Å². The highest BCUT2D eigenvalue weighted by atomic mass is 15.1. The Labute approximate surface area is 120 Å². The van der Waals surface area contributed by atoms with E-state index in [1.807, 2.05) is 13.1 Å². The average Bonchev–Trinajstić information content (AvgIpc) is 2.85. The van der Waals surface area contributed by atoms with E-state index >= 15 is 0 Å². The summed E-state index contributed by atoms with van der Waals surface area (Å²) in [6.45, 7) is 5.28. The number of hydrogen-bond acceptors (Lipinski definition) is 3. The number of likely N-dealkylation sites (tertiary alicyclic amines) is 1. The molecule has 0 spiro atoms. The molecule has 1 aliphatic heterocycles. The number of aromatic nitrogens is 3. The minimum absolute atomic E-state index is 0.547. The number of aryl methyl sites for hydroxylation is 2. The van der Waals surface area contributed by atoms with Gasteiger partial charge in [-0.1, -0.05) is 0 Å². The molecule has 4 heteroatoms. The predicted octanol–water partition coefficient (Wildman–Crippen LogP) is 2.50. The van der Waals surface area contributed by atoms with Crippen LogP contribution in [0.3, 0.4) is 0 Å². The Bertz CT molecular complexity index is 575. The van der Waals surface area contributed by atoms with Gasteiger partial charge in [0.15, 0.2) is 0 Å². The number of piperidine rings is 1. The van der Waals surface area contributed by atoms with E-state index < -0.39 is 0 Å². The summed E-state index contributed by atoms with van der Waals surface area (Å²) in [5, 5.41) is 0. The van der Waals surface area contributed by atoms with Crippen molar-refractivity contribution >= 4 is 0 Å². The van der Waals surface area contributed by atoms with E-state index in [1.54, 1.807) is 0 Å². The third-order valence-corrected chi connectivity index (χ3v) is 4.16. The van der Waals surface area contributed by atoms with Gasteiger partial charge in [-0.15, -0.1) is 0 Å². The SMILES string of the molecule is Cc1nccc([C@@H]2CCCN(Cc3cccn3C)C2)n1. The summed E-state index contributed by atoms with van der Waals surface area (Å²) in [6.07, 6.45) is 6.48. The van der Waals surface area contributed by atoms with Crippen LogP contribution in [0, 0.1) is 6.92 Å². The van der Waals surface area contributed by atoms with Gasteiger partial charge in [0.2, 0.25) is 0 Å². The monoisotopic (exact) mass is 270 g/mol. The Morgan fingerprint density at radius 1 is 1.35 bits per heavy atom. The number of hydrogen-bond donors (Lipinski definition) is 0. The molecule has 0 N–H and O–H groups in total. The first-order valence-electron chi connectivity index (χ1n) is 7.34. The largest absolute Gasteiger partial charge is 0.353 e. The van der Waals surface area contributed by atoms with Crippen molar-refractivity contribution in [2.45, 2.75) is 32.2 Å². The first kappa shape index (κ1) is 13.3. The van der Waals surface area contributed by atoms with Gasteiger partial charge >= 0.3 is 0 Å². The lowest BCUT2D eigenvalue weighted by Gasteiger charge is -2.32. The van der Waals surface area contributed by atoms with E-state index in [0.717, 1.165) is 18.9 Å². The Hall–Kier alpha value is -1.68. The van der Waals surface area contributed by atoms with Crippen molar-refractivity contribution in [1.82, 2.24) is 19.4 Å². The molecule has 2 aromatic rings. The molecule has 0 amide bonds. The zero-order chi connectivity index (χ0) is 13.9. The van der Waals surface area contributed by atoms with E-state index in [9.17, 15) is 0 Å². The molecule has 1 fully saturated rings. The lowest BCUT2D eigenvalue weighted by atomic mass is 9.94. The van der Waals surface area contributed by atoms with Crippen LogP contribution in [0.1, 0.15) is 36.0 Å². The van der Waals surface area contributed by atoms with E-state index in [1.165, 1.54) is 30.8 Å². The topological polar surface area (TPSA) is 34.0 Å². The Morgan fingerprint density at radius 3 is 3.00 bits per heavy atom. The standard InChI is InChI=1S/C16H22N4/c1-13-17-8-7-16(18-13)14-5-3-10-20(11-14)12-15-6-4-9-19(15)2/h4,6-9,14H,3,5,10-12H2,1-2H3/t14-/m1/s1. The maximum absolute atomic E-state index is 4.60. The predicted molar refractivity (Wildman–Crippen MR) is 79.4 cm³/mol. The van der Waals surface area contributed by atoms with Crippen LogP contribution in [0.2, 0.25) is 0 Å². The van der Waals surface area contributed by atoms with Crippen molar-refractivity contribution in [3.63, 3.8) is 0 Å².